The van der Waals surface area contributed by atoms with E-state index in [0.717, 1.165) is 42.7 Å². The van der Waals surface area contributed by atoms with Gasteiger partial charge in [0.1, 0.15) is 5.82 Å². The van der Waals surface area contributed by atoms with Crippen molar-refractivity contribution in [1.29, 1.82) is 0 Å². The third kappa shape index (κ3) is 2.10. The van der Waals surface area contributed by atoms with E-state index >= 15 is 0 Å². The summed E-state index contributed by atoms with van der Waals surface area (Å²) in [5.41, 5.74) is 2.23. The molecule has 0 unspecified atom stereocenters. The maximum atomic E-state index is 4.61. The lowest BCUT2D eigenvalue weighted by Gasteiger charge is -2.18. The van der Waals surface area contributed by atoms with Gasteiger partial charge in [-0.05, 0) is 33.6 Å². The van der Waals surface area contributed by atoms with Crippen molar-refractivity contribution in [1.82, 2.24) is 9.97 Å². The molecule has 0 atom stereocenters. The lowest BCUT2D eigenvalue weighted by atomic mass is 10.2. The van der Waals surface area contributed by atoms with Crippen LogP contribution in [0.15, 0.2) is 0 Å². The lowest BCUT2D eigenvalue weighted by molar-refractivity contribution is 0.882. The number of rotatable bonds is 3. The fourth-order valence-corrected chi connectivity index (χ4v) is 2.01. The van der Waals surface area contributed by atoms with Gasteiger partial charge in [-0.3, -0.25) is 0 Å². The zero-order valence-electron chi connectivity index (χ0n) is 10.4. The molecule has 0 radical (unpaired) electrons. The monoisotopic (exact) mass is 220 g/mol. The van der Waals surface area contributed by atoms with Crippen molar-refractivity contribution >= 4 is 11.8 Å². The molecular weight excluding hydrogens is 200 g/mol. The molecule has 1 fully saturated rings. The first-order chi connectivity index (χ1) is 7.72. The van der Waals surface area contributed by atoms with Crippen molar-refractivity contribution in [2.45, 2.75) is 33.6 Å². The van der Waals surface area contributed by atoms with Crippen LogP contribution in [0.2, 0.25) is 0 Å². The van der Waals surface area contributed by atoms with Gasteiger partial charge in [0.2, 0.25) is 5.95 Å². The van der Waals surface area contributed by atoms with Gasteiger partial charge in [0.25, 0.3) is 0 Å². The quantitative estimate of drug-likeness (QED) is 0.847. The second-order valence-corrected chi connectivity index (χ2v) is 4.31. The molecule has 0 bridgehead atoms. The summed E-state index contributed by atoms with van der Waals surface area (Å²) < 4.78 is 0. The minimum Gasteiger partial charge on any atom is -0.370 e. The highest BCUT2D eigenvalue weighted by molar-refractivity contribution is 5.50. The van der Waals surface area contributed by atoms with Crippen molar-refractivity contribution in [2.24, 2.45) is 0 Å². The maximum Gasteiger partial charge on any atom is 0.227 e. The number of hydrogen-bond acceptors (Lipinski definition) is 4. The largest absolute Gasteiger partial charge is 0.370 e. The van der Waals surface area contributed by atoms with Crippen molar-refractivity contribution < 1.29 is 0 Å². The lowest BCUT2D eigenvalue weighted by Crippen LogP contribution is -2.22. The molecule has 4 heteroatoms. The van der Waals surface area contributed by atoms with Crippen LogP contribution in [0.5, 0.6) is 0 Å². The third-order valence-corrected chi connectivity index (χ3v) is 3.11. The van der Waals surface area contributed by atoms with Gasteiger partial charge in [-0.15, -0.1) is 0 Å². The van der Waals surface area contributed by atoms with Crippen LogP contribution in [0.3, 0.4) is 0 Å². The Morgan fingerprint density at radius 3 is 2.50 bits per heavy atom. The molecule has 2 heterocycles. The SMILES string of the molecule is CCNc1nc(N2CCCC2)nc(C)c1C. The first kappa shape index (κ1) is 11.2. The van der Waals surface area contributed by atoms with Crippen molar-refractivity contribution in [3.8, 4) is 0 Å². The Morgan fingerprint density at radius 2 is 1.88 bits per heavy atom. The van der Waals surface area contributed by atoms with Gasteiger partial charge in [-0.1, -0.05) is 0 Å². The molecule has 1 aliphatic rings. The van der Waals surface area contributed by atoms with Crippen molar-refractivity contribution in [2.75, 3.05) is 29.9 Å². The molecule has 1 aromatic rings. The molecular formula is C12H20N4. The Morgan fingerprint density at radius 1 is 1.19 bits per heavy atom. The van der Waals surface area contributed by atoms with E-state index in [1.807, 2.05) is 0 Å². The van der Waals surface area contributed by atoms with Crippen molar-refractivity contribution in [3.63, 3.8) is 0 Å². The molecule has 0 saturated carbocycles. The van der Waals surface area contributed by atoms with E-state index in [0.29, 0.717) is 0 Å². The normalized spacial score (nSPS) is 15.6. The minimum atomic E-state index is 0.886. The predicted octanol–water partition coefficient (Wildman–Crippen LogP) is 2.13. The second-order valence-electron chi connectivity index (χ2n) is 4.31. The summed E-state index contributed by atoms with van der Waals surface area (Å²) >= 11 is 0. The standard InChI is InChI=1S/C12H20N4/c1-4-13-11-9(2)10(3)14-12(15-11)16-7-5-6-8-16/h4-8H2,1-3H3,(H,13,14,15). The van der Waals surface area contributed by atoms with Crippen LogP contribution in [0, 0.1) is 13.8 Å². The predicted molar refractivity (Wildman–Crippen MR) is 67.1 cm³/mol. The Balaban J connectivity index is 2.31. The molecule has 1 aromatic heterocycles. The van der Waals surface area contributed by atoms with Gasteiger partial charge in [0, 0.05) is 30.9 Å². The van der Waals surface area contributed by atoms with E-state index < -0.39 is 0 Å². The summed E-state index contributed by atoms with van der Waals surface area (Å²) in [6.07, 6.45) is 2.51. The highest BCUT2D eigenvalue weighted by atomic mass is 15.3. The molecule has 0 aromatic carbocycles. The molecule has 0 spiro atoms. The number of aromatic nitrogens is 2. The summed E-state index contributed by atoms with van der Waals surface area (Å²) in [6, 6.07) is 0. The van der Waals surface area contributed by atoms with Crippen molar-refractivity contribution in [3.05, 3.63) is 11.3 Å². The van der Waals surface area contributed by atoms with E-state index in [1.54, 1.807) is 0 Å². The molecule has 16 heavy (non-hydrogen) atoms. The van der Waals surface area contributed by atoms with E-state index in [4.69, 9.17) is 0 Å². The highest BCUT2D eigenvalue weighted by Crippen LogP contribution is 2.21. The van der Waals surface area contributed by atoms with Gasteiger partial charge in [-0.25, -0.2) is 4.98 Å². The summed E-state index contributed by atoms with van der Waals surface area (Å²) in [5, 5.41) is 3.30. The molecule has 1 aliphatic heterocycles. The van der Waals surface area contributed by atoms with Gasteiger partial charge in [-0.2, -0.15) is 4.98 Å². The molecule has 1 saturated heterocycles. The Bertz CT molecular complexity index is 370. The van der Waals surface area contributed by atoms with E-state index in [-0.39, 0.29) is 0 Å². The summed E-state index contributed by atoms with van der Waals surface area (Å²) in [4.78, 5) is 11.5. The maximum absolute atomic E-state index is 4.61. The number of nitrogens with zero attached hydrogens (tertiary/aromatic N) is 3. The fourth-order valence-electron chi connectivity index (χ4n) is 2.01. The topological polar surface area (TPSA) is 41.1 Å². The van der Waals surface area contributed by atoms with E-state index in [1.165, 1.54) is 12.8 Å². The van der Waals surface area contributed by atoms with Crippen LogP contribution in [0.4, 0.5) is 11.8 Å². The molecule has 1 N–H and O–H groups in total. The first-order valence-corrected chi connectivity index (χ1v) is 6.06. The number of aryl methyl sites for hydroxylation is 1. The van der Waals surface area contributed by atoms with E-state index in [9.17, 15) is 0 Å². The van der Waals surface area contributed by atoms with Crippen LogP contribution < -0.4 is 10.2 Å². The zero-order valence-corrected chi connectivity index (χ0v) is 10.4. The van der Waals surface area contributed by atoms with Gasteiger partial charge in [0.15, 0.2) is 0 Å². The summed E-state index contributed by atoms with van der Waals surface area (Å²) in [5.74, 6) is 1.87. The third-order valence-electron chi connectivity index (χ3n) is 3.11. The minimum absolute atomic E-state index is 0.886. The van der Waals surface area contributed by atoms with E-state index in [2.05, 4.69) is 41.0 Å². The summed E-state index contributed by atoms with van der Waals surface area (Å²) in [6.45, 7) is 9.30. The van der Waals surface area contributed by atoms with Crippen LogP contribution in [0.25, 0.3) is 0 Å². The second kappa shape index (κ2) is 4.68. The number of nitrogens with one attached hydrogen (secondary N) is 1. The smallest absolute Gasteiger partial charge is 0.227 e. The average molecular weight is 220 g/mol. The molecule has 0 amide bonds. The van der Waals surface area contributed by atoms with Crippen LogP contribution in [-0.2, 0) is 0 Å². The first-order valence-electron chi connectivity index (χ1n) is 6.06. The van der Waals surface area contributed by atoms with Crippen LogP contribution >= 0.6 is 0 Å². The number of anilines is 2. The molecule has 88 valence electrons. The Kier molecular flexibility index (Phi) is 3.27. The fraction of sp³-hybridized carbons (Fsp3) is 0.667. The van der Waals surface area contributed by atoms with Gasteiger partial charge < -0.3 is 10.2 Å². The number of hydrogen-bond donors (Lipinski definition) is 1. The molecule has 2 rings (SSSR count). The average Bonchev–Trinajstić information content (AvgIpc) is 2.78. The van der Waals surface area contributed by atoms with Crippen LogP contribution in [-0.4, -0.2) is 29.6 Å². The zero-order chi connectivity index (χ0) is 11.5. The molecule has 4 nitrogen and oxygen atoms in total. The Hall–Kier alpha value is -1.32. The highest BCUT2D eigenvalue weighted by Gasteiger charge is 2.17. The Labute approximate surface area is 97.1 Å². The molecule has 0 aliphatic carbocycles. The van der Waals surface area contributed by atoms with Gasteiger partial charge >= 0.3 is 0 Å². The van der Waals surface area contributed by atoms with Gasteiger partial charge in [0.05, 0.1) is 0 Å². The summed E-state index contributed by atoms with van der Waals surface area (Å²) in [7, 11) is 0. The van der Waals surface area contributed by atoms with Crippen LogP contribution in [0.1, 0.15) is 31.0 Å².